The first-order valence-electron chi connectivity index (χ1n) is 4.84. The second kappa shape index (κ2) is 3.30. The van der Waals surface area contributed by atoms with Gasteiger partial charge in [0.25, 0.3) is 0 Å². The monoisotopic (exact) mass is 195 g/mol. The van der Waals surface area contributed by atoms with E-state index in [1.807, 2.05) is 12.3 Å². The van der Waals surface area contributed by atoms with Gasteiger partial charge in [-0.05, 0) is 36.3 Å². The van der Waals surface area contributed by atoms with Gasteiger partial charge in [0.15, 0.2) is 0 Å². The molecule has 0 bridgehead atoms. The Morgan fingerprint density at radius 2 is 2.00 bits per heavy atom. The molecule has 0 aliphatic heterocycles. The summed E-state index contributed by atoms with van der Waals surface area (Å²) < 4.78 is 0. The van der Waals surface area contributed by atoms with Crippen molar-refractivity contribution in [1.29, 1.82) is 0 Å². The summed E-state index contributed by atoms with van der Waals surface area (Å²) >= 11 is 6.16. The van der Waals surface area contributed by atoms with Crippen molar-refractivity contribution in [2.45, 2.75) is 38.5 Å². The molecule has 0 amide bonds. The highest BCUT2D eigenvalue weighted by atomic mass is 35.5. The maximum Gasteiger partial charge on any atom is 0.0481 e. The number of nitrogens with zero attached hydrogens (tertiary/aromatic N) is 1. The standard InChI is InChI=1S/C11H14ClN/c1-7-3-4-8(2)11-10(7)9(12)5-6-13-11/h5-8H,3-4H2,1-2H3/t7-,8+/m0/s1. The Balaban J connectivity index is 2.56. The van der Waals surface area contributed by atoms with Crippen molar-refractivity contribution >= 4 is 11.6 Å². The van der Waals surface area contributed by atoms with Crippen LogP contribution in [0.5, 0.6) is 0 Å². The van der Waals surface area contributed by atoms with E-state index in [4.69, 9.17) is 11.6 Å². The number of fused-ring (bicyclic) bond motifs is 1. The van der Waals surface area contributed by atoms with Gasteiger partial charge in [0.2, 0.25) is 0 Å². The van der Waals surface area contributed by atoms with Gasteiger partial charge in [0.1, 0.15) is 0 Å². The molecular formula is C11H14ClN. The third-order valence-electron chi connectivity index (χ3n) is 2.96. The number of hydrogen-bond donors (Lipinski definition) is 0. The summed E-state index contributed by atoms with van der Waals surface area (Å²) in [5, 5.41) is 0.893. The molecular weight excluding hydrogens is 182 g/mol. The van der Waals surface area contributed by atoms with Crippen LogP contribution in [-0.4, -0.2) is 4.98 Å². The van der Waals surface area contributed by atoms with Gasteiger partial charge in [-0.2, -0.15) is 0 Å². The molecule has 2 atom stereocenters. The fourth-order valence-corrected chi connectivity index (χ4v) is 2.47. The van der Waals surface area contributed by atoms with Crippen molar-refractivity contribution in [3.8, 4) is 0 Å². The van der Waals surface area contributed by atoms with Crippen molar-refractivity contribution in [3.63, 3.8) is 0 Å². The molecule has 70 valence electrons. The summed E-state index contributed by atoms with van der Waals surface area (Å²) in [5.41, 5.74) is 2.49. The molecule has 1 aliphatic rings. The highest BCUT2D eigenvalue weighted by Gasteiger charge is 2.24. The summed E-state index contributed by atoms with van der Waals surface area (Å²) in [6.45, 7) is 4.46. The summed E-state index contributed by atoms with van der Waals surface area (Å²) in [6.07, 6.45) is 4.29. The van der Waals surface area contributed by atoms with E-state index in [9.17, 15) is 0 Å². The second-order valence-electron chi connectivity index (χ2n) is 3.97. The average Bonchev–Trinajstić information content (AvgIpc) is 2.12. The molecule has 0 N–H and O–H groups in total. The van der Waals surface area contributed by atoms with Gasteiger partial charge in [-0.3, -0.25) is 4.98 Å². The zero-order valence-corrected chi connectivity index (χ0v) is 8.80. The van der Waals surface area contributed by atoms with Crippen LogP contribution in [0.2, 0.25) is 5.02 Å². The molecule has 0 spiro atoms. The Morgan fingerprint density at radius 3 is 2.69 bits per heavy atom. The lowest BCUT2D eigenvalue weighted by molar-refractivity contribution is 0.515. The van der Waals surface area contributed by atoms with E-state index in [-0.39, 0.29) is 0 Å². The summed E-state index contributed by atoms with van der Waals surface area (Å²) in [4.78, 5) is 4.43. The fraction of sp³-hybridized carbons (Fsp3) is 0.545. The highest BCUT2D eigenvalue weighted by Crippen LogP contribution is 2.40. The molecule has 13 heavy (non-hydrogen) atoms. The van der Waals surface area contributed by atoms with Crippen LogP contribution in [-0.2, 0) is 0 Å². The van der Waals surface area contributed by atoms with Crippen molar-refractivity contribution in [2.75, 3.05) is 0 Å². The largest absolute Gasteiger partial charge is 0.261 e. The molecule has 0 radical (unpaired) electrons. The smallest absolute Gasteiger partial charge is 0.0481 e. The van der Waals surface area contributed by atoms with Crippen molar-refractivity contribution in [1.82, 2.24) is 4.98 Å². The van der Waals surface area contributed by atoms with Crippen LogP contribution in [0.4, 0.5) is 0 Å². The first-order valence-corrected chi connectivity index (χ1v) is 5.22. The summed E-state index contributed by atoms with van der Waals surface area (Å²) in [6, 6.07) is 1.90. The molecule has 2 rings (SSSR count). The molecule has 0 fully saturated rings. The zero-order chi connectivity index (χ0) is 9.42. The summed E-state index contributed by atoms with van der Waals surface area (Å²) in [7, 11) is 0. The number of pyridine rings is 1. The number of halogens is 1. The van der Waals surface area contributed by atoms with Crippen LogP contribution in [0, 0.1) is 0 Å². The minimum atomic E-state index is 0.574. The Morgan fingerprint density at radius 1 is 1.31 bits per heavy atom. The Labute approximate surface area is 84.1 Å². The minimum Gasteiger partial charge on any atom is -0.261 e. The lowest BCUT2D eigenvalue weighted by Crippen LogP contribution is -2.12. The van der Waals surface area contributed by atoms with Gasteiger partial charge < -0.3 is 0 Å². The van der Waals surface area contributed by atoms with E-state index in [2.05, 4.69) is 18.8 Å². The van der Waals surface area contributed by atoms with E-state index in [1.165, 1.54) is 24.1 Å². The van der Waals surface area contributed by atoms with Gasteiger partial charge in [0.05, 0.1) is 0 Å². The minimum absolute atomic E-state index is 0.574. The van der Waals surface area contributed by atoms with E-state index in [0.29, 0.717) is 11.8 Å². The van der Waals surface area contributed by atoms with Crippen molar-refractivity contribution in [2.24, 2.45) is 0 Å². The normalized spacial score (nSPS) is 27.0. The van der Waals surface area contributed by atoms with Gasteiger partial charge >= 0.3 is 0 Å². The third kappa shape index (κ3) is 1.46. The Bertz CT molecular complexity index is 322. The third-order valence-corrected chi connectivity index (χ3v) is 3.29. The maximum atomic E-state index is 6.16. The molecule has 1 aromatic heterocycles. The molecule has 1 aliphatic carbocycles. The second-order valence-corrected chi connectivity index (χ2v) is 4.38. The molecule has 1 nitrogen and oxygen atoms in total. The lowest BCUT2D eigenvalue weighted by Gasteiger charge is -2.26. The van der Waals surface area contributed by atoms with E-state index < -0.39 is 0 Å². The average molecular weight is 196 g/mol. The number of hydrogen-bond acceptors (Lipinski definition) is 1. The molecule has 1 aromatic rings. The topological polar surface area (TPSA) is 12.9 Å². The maximum absolute atomic E-state index is 6.16. The van der Waals surface area contributed by atoms with E-state index >= 15 is 0 Å². The van der Waals surface area contributed by atoms with Gasteiger partial charge in [-0.1, -0.05) is 25.4 Å². The zero-order valence-electron chi connectivity index (χ0n) is 8.05. The van der Waals surface area contributed by atoms with Gasteiger partial charge in [-0.15, -0.1) is 0 Å². The molecule has 2 heteroatoms. The molecule has 0 saturated carbocycles. The van der Waals surface area contributed by atoms with E-state index in [1.54, 1.807) is 0 Å². The van der Waals surface area contributed by atoms with Gasteiger partial charge in [0, 0.05) is 16.9 Å². The van der Waals surface area contributed by atoms with Crippen molar-refractivity contribution < 1.29 is 0 Å². The highest BCUT2D eigenvalue weighted by molar-refractivity contribution is 6.31. The molecule has 0 aromatic carbocycles. The first-order chi connectivity index (χ1) is 6.20. The van der Waals surface area contributed by atoms with Crippen LogP contribution in [0.1, 0.15) is 49.8 Å². The summed E-state index contributed by atoms with van der Waals surface area (Å²) in [5.74, 6) is 1.15. The quantitative estimate of drug-likeness (QED) is 0.615. The number of rotatable bonds is 0. The Kier molecular flexibility index (Phi) is 2.29. The van der Waals surface area contributed by atoms with Gasteiger partial charge in [-0.25, -0.2) is 0 Å². The van der Waals surface area contributed by atoms with Crippen LogP contribution < -0.4 is 0 Å². The molecule has 0 saturated heterocycles. The molecule has 0 unspecified atom stereocenters. The van der Waals surface area contributed by atoms with Crippen LogP contribution in [0.15, 0.2) is 12.3 Å². The SMILES string of the molecule is C[C@@H]1CC[C@H](C)c2c(Cl)ccnc21. The molecule has 1 heterocycles. The van der Waals surface area contributed by atoms with E-state index in [0.717, 1.165) is 5.02 Å². The first kappa shape index (κ1) is 9.01. The van der Waals surface area contributed by atoms with Crippen molar-refractivity contribution in [3.05, 3.63) is 28.5 Å². The lowest BCUT2D eigenvalue weighted by atomic mass is 9.81. The Hall–Kier alpha value is -0.560. The van der Waals surface area contributed by atoms with Crippen LogP contribution in [0.3, 0.4) is 0 Å². The predicted octanol–water partition coefficient (Wildman–Crippen LogP) is 3.74. The number of aromatic nitrogens is 1. The van der Waals surface area contributed by atoms with Crippen LogP contribution >= 0.6 is 11.6 Å². The van der Waals surface area contributed by atoms with Crippen LogP contribution in [0.25, 0.3) is 0 Å². The predicted molar refractivity (Wildman–Crippen MR) is 55.3 cm³/mol. The fourth-order valence-electron chi connectivity index (χ4n) is 2.13.